The Morgan fingerprint density at radius 3 is 2.93 bits per heavy atom. The lowest BCUT2D eigenvalue weighted by Crippen LogP contribution is -2.24. The second-order valence-electron chi connectivity index (χ2n) is 5.94. The molecule has 0 fully saturated rings. The number of halogens is 1. The molecule has 27 heavy (non-hydrogen) atoms. The van der Waals surface area contributed by atoms with Crippen LogP contribution >= 0.6 is 11.6 Å². The molecule has 1 aliphatic heterocycles. The summed E-state index contributed by atoms with van der Waals surface area (Å²) in [5.74, 6) is 0.161. The molecule has 1 N–H and O–H groups in total. The molecule has 138 valence electrons. The van der Waals surface area contributed by atoms with Gasteiger partial charge in [0, 0.05) is 40.2 Å². The third kappa shape index (κ3) is 3.44. The number of furan rings is 1. The van der Waals surface area contributed by atoms with Gasteiger partial charge in [-0.25, -0.2) is 0 Å². The second kappa shape index (κ2) is 6.90. The quantitative estimate of drug-likeness (QED) is 0.538. The van der Waals surface area contributed by atoms with E-state index < -0.39 is 10.8 Å². The minimum Gasteiger partial charge on any atom is -0.467 e. The summed E-state index contributed by atoms with van der Waals surface area (Å²) in [5.41, 5.74) is 1.51. The van der Waals surface area contributed by atoms with E-state index in [4.69, 9.17) is 25.5 Å². The summed E-state index contributed by atoms with van der Waals surface area (Å²) >= 11 is 5.94. The van der Waals surface area contributed by atoms with Gasteiger partial charge in [-0.15, -0.1) is 0 Å². The van der Waals surface area contributed by atoms with Gasteiger partial charge < -0.3 is 19.2 Å². The van der Waals surface area contributed by atoms with Gasteiger partial charge in [-0.3, -0.25) is 14.9 Å². The van der Waals surface area contributed by atoms with Crippen LogP contribution in [0.4, 0.5) is 5.69 Å². The lowest BCUT2D eigenvalue weighted by Gasteiger charge is -2.20. The van der Waals surface area contributed by atoms with Crippen LogP contribution in [0, 0.1) is 10.1 Å². The minimum atomic E-state index is -0.497. The van der Waals surface area contributed by atoms with Crippen LogP contribution in [0.2, 0.25) is 5.02 Å². The fraction of sp³-hybridized carbons (Fsp3) is 0.167. The zero-order valence-electron chi connectivity index (χ0n) is 13.9. The van der Waals surface area contributed by atoms with Gasteiger partial charge >= 0.3 is 0 Å². The van der Waals surface area contributed by atoms with Crippen LogP contribution in [-0.4, -0.2) is 17.6 Å². The number of nitrogens with one attached hydrogen (secondary N) is 1. The molecule has 0 atom stereocenters. The number of non-ortho nitro benzene ring substituents is 1. The van der Waals surface area contributed by atoms with Crippen molar-refractivity contribution in [3.63, 3.8) is 0 Å². The largest absolute Gasteiger partial charge is 0.467 e. The average molecular weight is 389 g/mol. The number of carbonyl (C=O) groups is 1. The van der Waals surface area contributed by atoms with Gasteiger partial charge in [-0.2, -0.15) is 0 Å². The van der Waals surface area contributed by atoms with Gasteiger partial charge in [0.2, 0.25) is 0 Å². The first-order chi connectivity index (χ1) is 13.0. The number of ether oxygens (including phenoxy) is 2. The van der Waals surface area contributed by atoms with Crippen molar-refractivity contribution >= 4 is 34.2 Å². The fourth-order valence-electron chi connectivity index (χ4n) is 2.91. The van der Waals surface area contributed by atoms with Crippen LogP contribution in [0.3, 0.4) is 0 Å². The Balaban J connectivity index is 1.57. The SMILES string of the molecule is O=C(NCc1cc([N+](=O)[O-])cc2c1OCOC2)c1cc2cc(Cl)ccc2o1. The molecule has 8 nitrogen and oxygen atoms in total. The number of carbonyl (C=O) groups excluding carboxylic acids is 1. The third-order valence-corrected chi connectivity index (χ3v) is 4.36. The molecule has 1 amide bonds. The van der Waals surface area contributed by atoms with E-state index in [1.54, 1.807) is 24.3 Å². The van der Waals surface area contributed by atoms with E-state index in [1.807, 2.05) is 0 Å². The lowest BCUT2D eigenvalue weighted by molar-refractivity contribution is -0.385. The van der Waals surface area contributed by atoms with E-state index in [1.165, 1.54) is 12.1 Å². The van der Waals surface area contributed by atoms with Gasteiger partial charge in [0.05, 0.1) is 11.5 Å². The standard InChI is InChI=1S/C18H13ClN2O6/c19-13-1-2-15-10(3-13)6-16(27-15)18(22)20-7-11-4-14(21(23)24)5-12-8-25-9-26-17(11)12/h1-6H,7-9H2,(H,20,22). The van der Waals surface area contributed by atoms with E-state index >= 15 is 0 Å². The molecule has 2 aromatic carbocycles. The summed E-state index contributed by atoms with van der Waals surface area (Å²) in [6, 6.07) is 9.42. The number of nitro groups is 1. The molecule has 0 unspecified atom stereocenters. The first-order valence-corrected chi connectivity index (χ1v) is 8.37. The molecule has 0 radical (unpaired) electrons. The maximum Gasteiger partial charge on any atom is 0.287 e. The van der Waals surface area contributed by atoms with Crippen LogP contribution in [-0.2, 0) is 17.9 Å². The van der Waals surface area contributed by atoms with Crippen LogP contribution < -0.4 is 10.1 Å². The maximum absolute atomic E-state index is 12.4. The van der Waals surface area contributed by atoms with Crippen LogP contribution in [0.25, 0.3) is 11.0 Å². The fourth-order valence-corrected chi connectivity index (χ4v) is 3.09. The Morgan fingerprint density at radius 2 is 2.11 bits per heavy atom. The number of rotatable bonds is 4. The van der Waals surface area contributed by atoms with Crippen molar-refractivity contribution in [2.24, 2.45) is 0 Å². The Bertz CT molecular complexity index is 1060. The minimum absolute atomic E-state index is 0.0423. The lowest BCUT2D eigenvalue weighted by atomic mass is 10.1. The number of hydrogen-bond acceptors (Lipinski definition) is 6. The van der Waals surface area contributed by atoms with Crippen molar-refractivity contribution in [1.29, 1.82) is 0 Å². The summed E-state index contributed by atoms with van der Waals surface area (Å²) in [6.45, 7) is 0.305. The molecular formula is C18H13ClN2O6. The number of amides is 1. The number of nitro benzene ring substituents is 1. The predicted molar refractivity (Wildman–Crippen MR) is 95.8 cm³/mol. The summed E-state index contributed by atoms with van der Waals surface area (Å²) in [5, 5.41) is 15.1. The van der Waals surface area contributed by atoms with E-state index in [2.05, 4.69) is 5.32 Å². The highest BCUT2D eigenvalue weighted by molar-refractivity contribution is 6.31. The van der Waals surface area contributed by atoms with Crippen LogP contribution in [0.15, 0.2) is 40.8 Å². The van der Waals surface area contributed by atoms with Crippen LogP contribution in [0.5, 0.6) is 5.75 Å². The molecule has 0 spiro atoms. The molecular weight excluding hydrogens is 376 g/mol. The summed E-state index contributed by atoms with van der Waals surface area (Å²) in [4.78, 5) is 23.1. The zero-order chi connectivity index (χ0) is 19.0. The third-order valence-electron chi connectivity index (χ3n) is 4.12. The maximum atomic E-state index is 12.4. The highest BCUT2D eigenvalue weighted by Gasteiger charge is 2.22. The second-order valence-corrected chi connectivity index (χ2v) is 6.37. The van der Waals surface area contributed by atoms with E-state index in [0.29, 0.717) is 32.9 Å². The van der Waals surface area contributed by atoms with Crippen molar-refractivity contribution < 1.29 is 23.6 Å². The molecule has 0 aliphatic carbocycles. The monoisotopic (exact) mass is 388 g/mol. The van der Waals surface area contributed by atoms with E-state index in [-0.39, 0.29) is 31.4 Å². The molecule has 3 aromatic rings. The molecule has 4 rings (SSSR count). The highest BCUT2D eigenvalue weighted by atomic mass is 35.5. The topological polar surface area (TPSA) is 104 Å². The first-order valence-electron chi connectivity index (χ1n) is 7.99. The normalized spacial score (nSPS) is 13.1. The average Bonchev–Trinajstić information content (AvgIpc) is 3.08. The highest BCUT2D eigenvalue weighted by Crippen LogP contribution is 2.32. The Morgan fingerprint density at radius 1 is 1.26 bits per heavy atom. The van der Waals surface area contributed by atoms with Crippen molar-refractivity contribution in [3.05, 3.63) is 68.4 Å². The van der Waals surface area contributed by atoms with Gasteiger partial charge in [-0.1, -0.05) is 11.6 Å². The molecule has 0 saturated carbocycles. The Kier molecular flexibility index (Phi) is 4.43. The molecule has 1 aromatic heterocycles. The predicted octanol–water partition coefficient (Wildman–Crippen LogP) is 3.79. The van der Waals surface area contributed by atoms with Gasteiger partial charge in [0.1, 0.15) is 11.3 Å². The van der Waals surface area contributed by atoms with Gasteiger partial charge in [0.15, 0.2) is 12.6 Å². The zero-order valence-corrected chi connectivity index (χ0v) is 14.6. The Hall–Kier alpha value is -3.10. The van der Waals surface area contributed by atoms with Crippen molar-refractivity contribution in [2.75, 3.05) is 6.79 Å². The Labute approximate surface area is 157 Å². The number of fused-ring (bicyclic) bond motifs is 2. The smallest absolute Gasteiger partial charge is 0.287 e. The molecule has 0 bridgehead atoms. The molecule has 1 aliphatic rings. The number of benzene rings is 2. The number of hydrogen-bond donors (Lipinski definition) is 1. The van der Waals surface area contributed by atoms with Gasteiger partial charge in [0.25, 0.3) is 11.6 Å². The van der Waals surface area contributed by atoms with Crippen LogP contribution in [0.1, 0.15) is 21.7 Å². The molecule has 9 heteroatoms. The molecule has 2 heterocycles. The first kappa shape index (κ1) is 17.3. The van der Waals surface area contributed by atoms with Crippen molar-refractivity contribution in [3.8, 4) is 5.75 Å². The molecule has 0 saturated heterocycles. The number of nitrogens with zero attached hydrogens (tertiary/aromatic N) is 1. The summed E-state index contributed by atoms with van der Waals surface area (Å²) in [6.07, 6.45) is 0. The summed E-state index contributed by atoms with van der Waals surface area (Å²) < 4.78 is 16.1. The van der Waals surface area contributed by atoms with E-state index in [0.717, 1.165) is 0 Å². The van der Waals surface area contributed by atoms with E-state index in [9.17, 15) is 14.9 Å². The van der Waals surface area contributed by atoms with Crippen molar-refractivity contribution in [1.82, 2.24) is 5.32 Å². The summed E-state index contributed by atoms with van der Waals surface area (Å²) in [7, 11) is 0. The van der Waals surface area contributed by atoms with Crippen molar-refractivity contribution in [2.45, 2.75) is 13.2 Å². The van der Waals surface area contributed by atoms with Gasteiger partial charge in [-0.05, 0) is 24.3 Å².